The van der Waals surface area contributed by atoms with Crippen molar-refractivity contribution in [1.29, 1.82) is 0 Å². The van der Waals surface area contributed by atoms with Crippen molar-refractivity contribution < 1.29 is 14.3 Å². The maximum absolute atomic E-state index is 13.0. The van der Waals surface area contributed by atoms with Gasteiger partial charge in [-0.15, -0.1) is 10.2 Å². The Hall–Kier alpha value is -3.04. The standard InChI is InChI=1S/C25H30ClN5O3S/c1-5-31-23(20(14-16(2)3)28-24(33)17-10-6-7-11-18(17)26)29-30-25(31)35-15-22(32)27-19-12-8-9-13-21(19)34-4/h6-13,16,20H,5,14-15H2,1-4H3,(H,27,32)(H,28,33)/t20-/m0/s1. The molecule has 0 spiro atoms. The number of nitrogens with one attached hydrogen (secondary N) is 2. The van der Waals surface area contributed by atoms with Gasteiger partial charge < -0.3 is 19.9 Å². The third-order valence-corrected chi connectivity index (χ3v) is 6.51. The number of carbonyl (C=O) groups is 2. The zero-order chi connectivity index (χ0) is 25.4. The summed E-state index contributed by atoms with van der Waals surface area (Å²) < 4.78 is 7.22. The Morgan fingerprint density at radius 2 is 1.83 bits per heavy atom. The van der Waals surface area contributed by atoms with Crippen LogP contribution in [0.25, 0.3) is 0 Å². The molecule has 0 aliphatic carbocycles. The molecule has 2 aromatic carbocycles. The summed E-state index contributed by atoms with van der Waals surface area (Å²) in [6, 6.07) is 13.8. The second-order valence-corrected chi connectivity index (χ2v) is 9.61. The van der Waals surface area contributed by atoms with Crippen molar-refractivity contribution in [2.45, 2.75) is 44.9 Å². The highest BCUT2D eigenvalue weighted by Crippen LogP contribution is 2.27. The van der Waals surface area contributed by atoms with Gasteiger partial charge in [0.15, 0.2) is 11.0 Å². The van der Waals surface area contributed by atoms with Crippen molar-refractivity contribution in [2.24, 2.45) is 5.92 Å². The van der Waals surface area contributed by atoms with Gasteiger partial charge in [0.25, 0.3) is 5.91 Å². The number of rotatable bonds is 11. The number of aromatic nitrogens is 3. The highest BCUT2D eigenvalue weighted by molar-refractivity contribution is 7.99. The first-order chi connectivity index (χ1) is 16.8. The summed E-state index contributed by atoms with van der Waals surface area (Å²) in [6.07, 6.45) is 0.674. The van der Waals surface area contributed by atoms with Crippen LogP contribution in [0.5, 0.6) is 5.75 Å². The van der Waals surface area contributed by atoms with Crippen LogP contribution in [0.1, 0.15) is 49.4 Å². The minimum atomic E-state index is -0.358. The molecule has 2 amide bonds. The Balaban J connectivity index is 1.74. The molecule has 10 heteroatoms. The molecule has 3 aromatic rings. The summed E-state index contributed by atoms with van der Waals surface area (Å²) in [7, 11) is 1.56. The van der Waals surface area contributed by atoms with Gasteiger partial charge in [-0.25, -0.2) is 0 Å². The lowest BCUT2D eigenvalue weighted by Crippen LogP contribution is -2.31. The molecule has 0 saturated heterocycles. The van der Waals surface area contributed by atoms with Crippen LogP contribution in [-0.4, -0.2) is 39.4 Å². The number of nitrogens with zero attached hydrogens (tertiary/aromatic N) is 3. The Kier molecular flexibility index (Phi) is 9.56. The molecule has 1 atom stereocenters. The van der Waals surface area contributed by atoms with E-state index in [4.69, 9.17) is 16.3 Å². The lowest BCUT2D eigenvalue weighted by Gasteiger charge is -2.21. The number of anilines is 1. The van der Waals surface area contributed by atoms with E-state index in [0.717, 1.165) is 0 Å². The first-order valence-corrected chi connectivity index (χ1v) is 12.7. The highest BCUT2D eigenvalue weighted by atomic mass is 35.5. The molecule has 0 aliphatic heterocycles. The van der Waals surface area contributed by atoms with E-state index >= 15 is 0 Å². The van der Waals surface area contributed by atoms with E-state index < -0.39 is 0 Å². The molecule has 1 aromatic heterocycles. The molecule has 8 nitrogen and oxygen atoms in total. The maximum atomic E-state index is 13.0. The SMILES string of the molecule is CCn1c(SCC(=O)Nc2ccccc2OC)nnc1[C@H](CC(C)C)NC(=O)c1ccccc1Cl. The molecule has 0 saturated carbocycles. The second kappa shape index (κ2) is 12.6. The zero-order valence-corrected chi connectivity index (χ0v) is 21.8. The summed E-state index contributed by atoms with van der Waals surface area (Å²) in [5, 5.41) is 15.6. The Bertz CT molecular complexity index is 1170. The number of amides is 2. The largest absolute Gasteiger partial charge is 0.495 e. The lowest BCUT2D eigenvalue weighted by molar-refractivity contribution is -0.113. The fraction of sp³-hybridized carbons (Fsp3) is 0.360. The van der Waals surface area contributed by atoms with Crippen LogP contribution < -0.4 is 15.4 Å². The highest BCUT2D eigenvalue weighted by Gasteiger charge is 2.25. The van der Waals surface area contributed by atoms with Crippen LogP contribution in [0, 0.1) is 5.92 Å². The van der Waals surface area contributed by atoms with Gasteiger partial charge in [-0.3, -0.25) is 9.59 Å². The average molecular weight is 516 g/mol. The van der Waals surface area contributed by atoms with Crippen LogP contribution in [0.3, 0.4) is 0 Å². The molecule has 35 heavy (non-hydrogen) atoms. The molecule has 3 rings (SSSR count). The number of benzene rings is 2. The van der Waals surface area contributed by atoms with E-state index in [1.165, 1.54) is 11.8 Å². The summed E-state index contributed by atoms with van der Waals surface area (Å²) in [5.41, 5.74) is 1.02. The number of para-hydroxylation sites is 2. The van der Waals surface area contributed by atoms with E-state index in [1.54, 1.807) is 43.5 Å². The minimum absolute atomic E-state index is 0.150. The number of halogens is 1. The normalized spacial score (nSPS) is 11.8. The first kappa shape index (κ1) is 26.6. The number of hydrogen-bond acceptors (Lipinski definition) is 6. The van der Waals surface area contributed by atoms with E-state index in [-0.39, 0.29) is 23.6 Å². The smallest absolute Gasteiger partial charge is 0.253 e. The third-order valence-electron chi connectivity index (χ3n) is 5.22. The number of carbonyl (C=O) groups excluding carboxylic acids is 2. The van der Waals surface area contributed by atoms with Gasteiger partial charge in [0, 0.05) is 6.54 Å². The molecule has 0 unspecified atom stereocenters. The van der Waals surface area contributed by atoms with Crippen molar-refractivity contribution in [2.75, 3.05) is 18.2 Å². The van der Waals surface area contributed by atoms with E-state index in [1.807, 2.05) is 23.6 Å². The van der Waals surface area contributed by atoms with Gasteiger partial charge >= 0.3 is 0 Å². The predicted molar refractivity (Wildman–Crippen MR) is 139 cm³/mol. The van der Waals surface area contributed by atoms with Crippen LogP contribution >= 0.6 is 23.4 Å². The summed E-state index contributed by atoms with van der Waals surface area (Å²) >= 11 is 7.51. The summed E-state index contributed by atoms with van der Waals surface area (Å²) in [6.45, 7) is 6.74. The van der Waals surface area contributed by atoms with Gasteiger partial charge in [-0.05, 0) is 43.5 Å². The first-order valence-electron chi connectivity index (χ1n) is 11.4. The van der Waals surface area contributed by atoms with Crippen molar-refractivity contribution in [3.8, 4) is 5.75 Å². The van der Waals surface area contributed by atoms with E-state index in [0.29, 0.717) is 51.9 Å². The molecule has 186 valence electrons. The van der Waals surface area contributed by atoms with E-state index in [2.05, 4.69) is 34.7 Å². The van der Waals surface area contributed by atoms with Crippen molar-refractivity contribution >= 4 is 40.9 Å². The molecule has 0 fully saturated rings. The number of hydrogen-bond donors (Lipinski definition) is 2. The van der Waals surface area contributed by atoms with Crippen LogP contribution in [0.2, 0.25) is 5.02 Å². The van der Waals surface area contributed by atoms with Gasteiger partial charge in [0.2, 0.25) is 5.91 Å². The number of methoxy groups -OCH3 is 1. The van der Waals surface area contributed by atoms with E-state index in [9.17, 15) is 9.59 Å². The monoisotopic (exact) mass is 515 g/mol. The predicted octanol–water partition coefficient (Wildman–Crippen LogP) is 5.21. The average Bonchev–Trinajstić information content (AvgIpc) is 3.25. The number of thioether (sulfide) groups is 1. The van der Waals surface area contributed by atoms with Gasteiger partial charge in [0.1, 0.15) is 5.75 Å². The van der Waals surface area contributed by atoms with Crippen molar-refractivity contribution in [3.63, 3.8) is 0 Å². The van der Waals surface area contributed by atoms with Gasteiger partial charge in [0.05, 0.1) is 35.2 Å². The molecule has 2 N–H and O–H groups in total. The second-order valence-electron chi connectivity index (χ2n) is 8.26. The maximum Gasteiger partial charge on any atom is 0.253 e. The quantitative estimate of drug-likeness (QED) is 0.340. The molecule has 1 heterocycles. The Morgan fingerprint density at radius 1 is 1.11 bits per heavy atom. The number of ether oxygens (including phenoxy) is 1. The third kappa shape index (κ3) is 6.99. The fourth-order valence-corrected chi connectivity index (χ4v) is 4.64. The Morgan fingerprint density at radius 3 is 2.51 bits per heavy atom. The molecule has 0 radical (unpaired) electrons. The van der Waals surface area contributed by atoms with Crippen LogP contribution in [-0.2, 0) is 11.3 Å². The molecular weight excluding hydrogens is 486 g/mol. The van der Waals surface area contributed by atoms with Crippen molar-refractivity contribution in [1.82, 2.24) is 20.1 Å². The van der Waals surface area contributed by atoms with Crippen LogP contribution in [0.4, 0.5) is 5.69 Å². The van der Waals surface area contributed by atoms with Crippen molar-refractivity contribution in [3.05, 3.63) is 64.9 Å². The molecule has 0 aliphatic rings. The lowest BCUT2D eigenvalue weighted by atomic mass is 10.0. The Labute approximate surface area is 214 Å². The topological polar surface area (TPSA) is 98.1 Å². The summed E-state index contributed by atoms with van der Waals surface area (Å²) in [5.74, 6) is 1.24. The summed E-state index contributed by atoms with van der Waals surface area (Å²) in [4.78, 5) is 25.5. The zero-order valence-electron chi connectivity index (χ0n) is 20.2. The van der Waals surface area contributed by atoms with Gasteiger partial charge in [-0.2, -0.15) is 0 Å². The molecular formula is C25H30ClN5O3S. The molecule has 0 bridgehead atoms. The minimum Gasteiger partial charge on any atom is -0.495 e. The van der Waals surface area contributed by atoms with Gasteiger partial charge in [-0.1, -0.05) is 61.5 Å². The fourth-order valence-electron chi connectivity index (χ4n) is 3.61. The van der Waals surface area contributed by atoms with Crippen LogP contribution in [0.15, 0.2) is 53.7 Å².